The predicted octanol–water partition coefficient (Wildman–Crippen LogP) is 3.29. The minimum absolute atomic E-state index is 0.310. The highest BCUT2D eigenvalue weighted by atomic mass is 15.2. The van der Waals surface area contributed by atoms with Crippen molar-refractivity contribution in [2.75, 3.05) is 65.2 Å². The molecule has 0 amide bonds. The van der Waals surface area contributed by atoms with E-state index in [9.17, 15) is 0 Å². The number of nitrogens with zero attached hydrogens (tertiary/aromatic N) is 4. The van der Waals surface area contributed by atoms with E-state index in [4.69, 9.17) is 0 Å². The highest BCUT2D eigenvalue weighted by Crippen LogP contribution is 2.38. The molecule has 2 aliphatic rings. The maximum atomic E-state index is 2.58. The van der Waals surface area contributed by atoms with Gasteiger partial charge in [0.15, 0.2) is 0 Å². The van der Waals surface area contributed by atoms with Crippen molar-refractivity contribution in [2.45, 2.75) is 12.5 Å². The summed E-state index contributed by atoms with van der Waals surface area (Å²) in [5.41, 5.74) is 6.57. The molecule has 0 bridgehead atoms. The summed E-state index contributed by atoms with van der Waals surface area (Å²) in [6.45, 7) is 2.15. The number of hydrogen-bond donors (Lipinski definition) is 0. The van der Waals surface area contributed by atoms with Crippen molar-refractivity contribution >= 4 is 17.5 Å². The van der Waals surface area contributed by atoms with Gasteiger partial charge in [0.25, 0.3) is 0 Å². The lowest BCUT2D eigenvalue weighted by Gasteiger charge is -2.40. The first-order valence-corrected chi connectivity index (χ1v) is 9.38. The molecule has 4 nitrogen and oxygen atoms in total. The summed E-state index contributed by atoms with van der Waals surface area (Å²) in [4.78, 5) is 9.21. The molecule has 4 heteroatoms. The average molecular weight is 353 g/mol. The molecule has 1 aliphatic heterocycles. The van der Waals surface area contributed by atoms with E-state index in [0.29, 0.717) is 6.04 Å². The van der Waals surface area contributed by atoms with E-state index in [0.717, 1.165) is 19.5 Å². The van der Waals surface area contributed by atoms with Gasteiger partial charge in [0, 0.05) is 51.8 Å². The van der Waals surface area contributed by atoms with Gasteiger partial charge in [-0.1, -0.05) is 12.1 Å². The molecule has 3 rings (SSSR count). The van der Waals surface area contributed by atoms with Gasteiger partial charge in [-0.25, -0.2) is 0 Å². The summed E-state index contributed by atoms with van der Waals surface area (Å²) in [6, 6.07) is 7.11. The van der Waals surface area contributed by atoms with Crippen molar-refractivity contribution in [1.82, 2.24) is 9.80 Å². The van der Waals surface area contributed by atoms with Gasteiger partial charge in [0.05, 0.1) is 6.04 Å². The zero-order valence-corrected chi connectivity index (χ0v) is 17.0. The highest BCUT2D eigenvalue weighted by molar-refractivity contribution is 5.80. The van der Waals surface area contributed by atoms with Crippen LogP contribution < -0.4 is 9.80 Å². The standard InChI is InChI=1S/C22H32N4/c1-23(2)12-7-13-26-21-15-19(24(3)4)10-8-17(21)14-18-9-11-20(25(5)6)16-22(18)26/h8-11,14-16,21H,7,12-13H2,1-6H3. The molecule has 0 saturated heterocycles. The molecule has 1 atom stereocenters. The van der Waals surface area contributed by atoms with Gasteiger partial charge in [0.1, 0.15) is 0 Å². The number of benzene rings is 1. The van der Waals surface area contributed by atoms with Crippen LogP contribution in [0.25, 0.3) is 6.08 Å². The molecule has 1 aliphatic carbocycles. The van der Waals surface area contributed by atoms with Gasteiger partial charge in [-0.2, -0.15) is 0 Å². The molecule has 26 heavy (non-hydrogen) atoms. The highest BCUT2D eigenvalue weighted by Gasteiger charge is 2.28. The van der Waals surface area contributed by atoms with Gasteiger partial charge in [-0.05, 0) is 68.6 Å². The molecular weight excluding hydrogens is 320 g/mol. The van der Waals surface area contributed by atoms with Crippen LogP contribution in [0.15, 0.2) is 47.7 Å². The summed E-state index contributed by atoms with van der Waals surface area (Å²) in [5.74, 6) is 0. The van der Waals surface area contributed by atoms with Gasteiger partial charge in [-0.3, -0.25) is 0 Å². The molecule has 0 spiro atoms. The molecule has 1 aromatic rings. The minimum Gasteiger partial charge on any atom is -0.378 e. The number of allylic oxidation sites excluding steroid dienone is 1. The Balaban J connectivity index is 2.00. The smallest absolute Gasteiger partial charge is 0.0749 e. The Bertz CT molecular complexity index is 741. The van der Waals surface area contributed by atoms with Crippen LogP contribution in [-0.2, 0) is 0 Å². The lowest BCUT2D eigenvalue weighted by molar-refractivity contribution is 0.399. The van der Waals surface area contributed by atoms with E-state index >= 15 is 0 Å². The van der Waals surface area contributed by atoms with E-state index in [1.54, 1.807) is 0 Å². The fourth-order valence-electron chi connectivity index (χ4n) is 3.62. The van der Waals surface area contributed by atoms with Crippen molar-refractivity contribution in [2.24, 2.45) is 0 Å². The lowest BCUT2D eigenvalue weighted by Crippen LogP contribution is -2.40. The minimum atomic E-state index is 0.310. The predicted molar refractivity (Wildman–Crippen MR) is 114 cm³/mol. The summed E-state index contributed by atoms with van der Waals surface area (Å²) >= 11 is 0. The maximum absolute atomic E-state index is 2.58. The van der Waals surface area contributed by atoms with Crippen molar-refractivity contribution in [3.8, 4) is 0 Å². The molecule has 0 aromatic heterocycles. The summed E-state index contributed by atoms with van der Waals surface area (Å²) < 4.78 is 0. The average Bonchev–Trinajstić information content (AvgIpc) is 2.59. The Morgan fingerprint density at radius 2 is 1.73 bits per heavy atom. The Morgan fingerprint density at radius 1 is 0.962 bits per heavy atom. The Kier molecular flexibility index (Phi) is 5.42. The SMILES string of the molecule is CN(C)CCCN1c2cc(N(C)C)ccc2C=C2C=CC(N(C)C)=CC21. The van der Waals surface area contributed by atoms with Crippen LogP contribution in [0, 0.1) is 0 Å². The summed E-state index contributed by atoms with van der Waals surface area (Å²) in [6.07, 6.45) is 10.4. The Hall–Kier alpha value is -2.20. The Morgan fingerprint density at radius 3 is 2.38 bits per heavy atom. The fraction of sp³-hybridized carbons (Fsp3) is 0.455. The van der Waals surface area contributed by atoms with E-state index < -0.39 is 0 Å². The van der Waals surface area contributed by atoms with Gasteiger partial charge >= 0.3 is 0 Å². The van der Waals surface area contributed by atoms with E-state index in [2.05, 4.69) is 104 Å². The molecule has 0 saturated carbocycles. The van der Waals surface area contributed by atoms with Crippen LogP contribution >= 0.6 is 0 Å². The third-order valence-corrected chi connectivity index (χ3v) is 5.14. The number of anilines is 2. The van der Waals surface area contributed by atoms with Gasteiger partial charge in [0.2, 0.25) is 0 Å². The van der Waals surface area contributed by atoms with Crippen LogP contribution in [0.1, 0.15) is 12.0 Å². The number of fused-ring (bicyclic) bond motifs is 2. The van der Waals surface area contributed by atoms with Crippen molar-refractivity contribution in [3.63, 3.8) is 0 Å². The van der Waals surface area contributed by atoms with Crippen LogP contribution in [-0.4, -0.2) is 71.2 Å². The topological polar surface area (TPSA) is 13.0 Å². The third-order valence-electron chi connectivity index (χ3n) is 5.14. The number of likely N-dealkylation sites (N-methyl/N-ethyl adjacent to an activating group) is 1. The van der Waals surface area contributed by atoms with Crippen molar-refractivity contribution < 1.29 is 0 Å². The van der Waals surface area contributed by atoms with Crippen LogP contribution in [0.3, 0.4) is 0 Å². The molecule has 0 N–H and O–H groups in total. The zero-order valence-electron chi connectivity index (χ0n) is 17.0. The van der Waals surface area contributed by atoms with Crippen molar-refractivity contribution in [1.29, 1.82) is 0 Å². The quantitative estimate of drug-likeness (QED) is 0.779. The lowest BCUT2D eigenvalue weighted by atomic mass is 9.90. The molecule has 1 heterocycles. The van der Waals surface area contributed by atoms with Gasteiger partial charge in [-0.15, -0.1) is 0 Å². The van der Waals surface area contributed by atoms with Crippen LogP contribution in [0.2, 0.25) is 0 Å². The van der Waals surface area contributed by atoms with Gasteiger partial charge < -0.3 is 19.6 Å². The second-order valence-electron chi connectivity index (χ2n) is 7.90. The molecule has 0 fully saturated rings. The fourth-order valence-corrected chi connectivity index (χ4v) is 3.62. The summed E-state index contributed by atoms with van der Waals surface area (Å²) in [7, 11) is 12.7. The monoisotopic (exact) mass is 352 g/mol. The molecular formula is C22H32N4. The molecule has 0 radical (unpaired) electrons. The first-order chi connectivity index (χ1) is 12.4. The van der Waals surface area contributed by atoms with E-state index in [-0.39, 0.29) is 0 Å². The largest absolute Gasteiger partial charge is 0.378 e. The summed E-state index contributed by atoms with van der Waals surface area (Å²) in [5, 5.41) is 0. The normalized spacial score (nSPS) is 18.3. The van der Waals surface area contributed by atoms with Crippen molar-refractivity contribution in [3.05, 3.63) is 53.3 Å². The van der Waals surface area contributed by atoms with E-state index in [1.807, 2.05) is 0 Å². The number of rotatable bonds is 6. The first kappa shape index (κ1) is 18.6. The molecule has 1 unspecified atom stereocenters. The van der Waals surface area contributed by atoms with E-state index in [1.165, 1.54) is 28.2 Å². The Labute approximate surface area is 158 Å². The second-order valence-corrected chi connectivity index (χ2v) is 7.90. The van der Waals surface area contributed by atoms with Crippen LogP contribution in [0.5, 0.6) is 0 Å². The first-order valence-electron chi connectivity index (χ1n) is 9.38. The van der Waals surface area contributed by atoms with Crippen LogP contribution in [0.4, 0.5) is 11.4 Å². The maximum Gasteiger partial charge on any atom is 0.0749 e. The zero-order chi connectivity index (χ0) is 18.8. The third kappa shape index (κ3) is 3.80. The second kappa shape index (κ2) is 7.58. The molecule has 1 aromatic carbocycles. The molecule has 140 valence electrons. The number of hydrogen-bond acceptors (Lipinski definition) is 4.